The van der Waals surface area contributed by atoms with E-state index in [1.54, 1.807) is 12.3 Å². The van der Waals surface area contributed by atoms with Gasteiger partial charge in [0.25, 0.3) is 5.69 Å². The molecule has 0 amide bonds. The molecule has 0 aliphatic carbocycles. The summed E-state index contributed by atoms with van der Waals surface area (Å²) in [4.78, 5) is 10.2. The summed E-state index contributed by atoms with van der Waals surface area (Å²) in [5.74, 6) is 0. The monoisotopic (exact) mass is 413 g/mol. The predicted octanol–water partition coefficient (Wildman–Crippen LogP) is 4.31. The van der Waals surface area contributed by atoms with E-state index >= 15 is 0 Å². The van der Waals surface area contributed by atoms with Crippen LogP contribution in [0, 0.1) is 13.7 Å². The van der Waals surface area contributed by atoms with Crippen LogP contribution in [0.25, 0.3) is 0 Å². The first-order chi connectivity index (χ1) is 10.1. The maximum atomic E-state index is 10.8. The van der Waals surface area contributed by atoms with Gasteiger partial charge in [0.15, 0.2) is 0 Å². The van der Waals surface area contributed by atoms with Gasteiger partial charge in [-0.2, -0.15) is 10.2 Å². The number of rotatable bonds is 4. The summed E-state index contributed by atoms with van der Waals surface area (Å²) in [6, 6.07) is 12.2. The first-order valence-electron chi connectivity index (χ1n) is 5.82. The molecule has 0 fully saturated rings. The maximum absolute atomic E-state index is 10.8. The van der Waals surface area contributed by atoms with Crippen LogP contribution in [0.1, 0.15) is 11.1 Å². The van der Waals surface area contributed by atoms with Gasteiger partial charge in [-0.05, 0) is 46.4 Å². The SMILES string of the molecule is O=[N+]([O-])c1cc(/C=N/N=C/c2cccc(I)c2)ccc1Cl. The average molecular weight is 414 g/mol. The lowest BCUT2D eigenvalue weighted by Crippen LogP contribution is -1.91. The van der Waals surface area contributed by atoms with Gasteiger partial charge >= 0.3 is 0 Å². The number of benzene rings is 2. The fourth-order valence-corrected chi connectivity index (χ4v) is 2.29. The fraction of sp³-hybridized carbons (Fsp3) is 0. The van der Waals surface area contributed by atoms with E-state index in [4.69, 9.17) is 11.6 Å². The van der Waals surface area contributed by atoms with Gasteiger partial charge in [-0.15, -0.1) is 0 Å². The van der Waals surface area contributed by atoms with Crippen molar-refractivity contribution < 1.29 is 4.92 Å². The zero-order valence-corrected chi connectivity index (χ0v) is 13.5. The summed E-state index contributed by atoms with van der Waals surface area (Å²) in [7, 11) is 0. The number of hydrogen-bond donors (Lipinski definition) is 0. The topological polar surface area (TPSA) is 67.9 Å². The predicted molar refractivity (Wildman–Crippen MR) is 92.5 cm³/mol. The second kappa shape index (κ2) is 7.28. The molecular weight excluding hydrogens is 405 g/mol. The lowest BCUT2D eigenvalue weighted by atomic mass is 10.2. The molecule has 2 aromatic rings. The molecule has 0 aliphatic heterocycles. The van der Waals surface area contributed by atoms with Crippen molar-refractivity contribution in [3.8, 4) is 0 Å². The van der Waals surface area contributed by atoms with E-state index in [0.717, 1.165) is 9.13 Å². The molecule has 0 radical (unpaired) electrons. The molecule has 5 nitrogen and oxygen atoms in total. The Morgan fingerprint density at radius 3 is 2.38 bits per heavy atom. The molecule has 0 aliphatic rings. The number of hydrogen-bond acceptors (Lipinski definition) is 4. The van der Waals surface area contributed by atoms with E-state index in [0.29, 0.717) is 5.56 Å². The van der Waals surface area contributed by atoms with Gasteiger partial charge in [0.2, 0.25) is 0 Å². The molecule has 0 saturated heterocycles. The Balaban J connectivity index is 2.11. The zero-order chi connectivity index (χ0) is 15.2. The van der Waals surface area contributed by atoms with E-state index in [1.165, 1.54) is 18.3 Å². The number of nitro benzene ring substituents is 1. The molecule has 2 aromatic carbocycles. The minimum absolute atomic E-state index is 0.0968. The fourth-order valence-electron chi connectivity index (χ4n) is 1.54. The Kier molecular flexibility index (Phi) is 5.40. The van der Waals surface area contributed by atoms with Crippen LogP contribution in [-0.2, 0) is 0 Å². The van der Waals surface area contributed by atoms with Crippen LogP contribution < -0.4 is 0 Å². The summed E-state index contributed by atoms with van der Waals surface area (Å²) in [6.07, 6.45) is 3.05. The molecule has 106 valence electrons. The van der Waals surface area contributed by atoms with Crippen molar-refractivity contribution in [2.75, 3.05) is 0 Å². The first kappa shape index (κ1) is 15.6. The van der Waals surface area contributed by atoms with Gasteiger partial charge < -0.3 is 0 Å². The van der Waals surface area contributed by atoms with Gasteiger partial charge in [0.1, 0.15) is 5.02 Å². The smallest absolute Gasteiger partial charge is 0.258 e. The lowest BCUT2D eigenvalue weighted by Gasteiger charge is -1.96. The second-order valence-electron chi connectivity index (χ2n) is 4.01. The molecule has 0 N–H and O–H groups in total. The molecule has 2 rings (SSSR count). The summed E-state index contributed by atoms with van der Waals surface area (Å²) in [5.41, 5.74) is 1.34. The third-order valence-corrected chi connectivity index (χ3v) is 3.49. The standard InChI is InChI=1S/C14H9ClIN3O2/c15-13-5-4-11(7-14(13)19(20)21)9-18-17-8-10-2-1-3-12(16)6-10/h1-9H/b17-8+,18-9+. The molecule has 0 aromatic heterocycles. The first-order valence-corrected chi connectivity index (χ1v) is 7.28. The van der Waals surface area contributed by atoms with E-state index in [-0.39, 0.29) is 10.7 Å². The highest BCUT2D eigenvalue weighted by Gasteiger charge is 2.11. The summed E-state index contributed by atoms with van der Waals surface area (Å²) < 4.78 is 1.11. The van der Waals surface area contributed by atoms with Crippen LogP contribution in [0.2, 0.25) is 5.02 Å². The van der Waals surface area contributed by atoms with Crippen molar-refractivity contribution in [1.29, 1.82) is 0 Å². The van der Waals surface area contributed by atoms with Gasteiger partial charge in [-0.3, -0.25) is 10.1 Å². The lowest BCUT2D eigenvalue weighted by molar-refractivity contribution is -0.384. The van der Waals surface area contributed by atoms with Crippen molar-refractivity contribution in [2.24, 2.45) is 10.2 Å². The van der Waals surface area contributed by atoms with Crippen molar-refractivity contribution in [2.45, 2.75) is 0 Å². The second-order valence-corrected chi connectivity index (χ2v) is 5.66. The molecule has 0 atom stereocenters. The van der Waals surface area contributed by atoms with Crippen LogP contribution in [0.5, 0.6) is 0 Å². The Morgan fingerprint density at radius 2 is 1.76 bits per heavy atom. The Hall–Kier alpha value is -1.80. The third-order valence-electron chi connectivity index (χ3n) is 2.50. The highest BCUT2D eigenvalue weighted by molar-refractivity contribution is 14.1. The third kappa shape index (κ3) is 4.61. The molecule has 0 spiro atoms. The van der Waals surface area contributed by atoms with Gasteiger partial charge in [0, 0.05) is 15.2 Å². The quantitative estimate of drug-likeness (QED) is 0.324. The minimum Gasteiger partial charge on any atom is -0.258 e. The van der Waals surface area contributed by atoms with Crippen LogP contribution in [-0.4, -0.2) is 17.4 Å². The average Bonchev–Trinajstić information content (AvgIpc) is 2.45. The van der Waals surface area contributed by atoms with Crippen LogP contribution in [0.15, 0.2) is 52.7 Å². The van der Waals surface area contributed by atoms with Crippen LogP contribution in [0.3, 0.4) is 0 Å². The molecule has 0 heterocycles. The summed E-state index contributed by atoms with van der Waals surface area (Å²) >= 11 is 7.94. The van der Waals surface area contributed by atoms with E-state index in [9.17, 15) is 10.1 Å². The molecule has 21 heavy (non-hydrogen) atoms. The number of nitrogens with zero attached hydrogens (tertiary/aromatic N) is 3. The van der Waals surface area contributed by atoms with Crippen molar-refractivity contribution in [3.05, 3.63) is 72.3 Å². The van der Waals surface area contributed by atoms with Gasteiger partial charge in [-0.25, -0.2) is 0 Å². The Morgan fingerprint density at radius 1 is 1.10 bits per heavy atom. The largest absolute Gasteiger partial charge is 0.288 e. The van der Waals surface area contributed by atoms with Crippen LogP contribution >= 0.6 is 34.2 Å². The zero-order valence-electron chi connectivity index (χ0n) is 10.6. The maximum Gasteiger partial charge on any atom is 0.288 e. The Bertz CT molecular complexity index is 732. The highest BCUT2D eigenvalue weighted by Crippen LogP contribution is 2.24. The summed E-state index contributed by atoms with van der Waals surface area (Å²) in [5, 5.41) is 18.7. The Labute approximate surface area is 139 Å². The van der Waals surface area contributed by atoms with Crippen molar-refractivity contribution in [3.63, 3.8) is 0 Å². The van der Waals surface area contributed by atoms with Crippen LogP contribution in [0.4, 0.5) is 5.69 Å². The van der Waals surface area contributed by atoms with E-state index in [1.807, 2.05) is 24.3 Å². The van der Waals surface area contributed by atoms with E-state index in [2.05, 4.69) is 32.8 Å². The van der Waals surface area contributed by atoms with Gasteiger partial charge in [-0.1, -0.05) is 29.8 Å². The normalized spacial score (nSPS) is 11.3. The molecule has 7 heteroatoms. The molecule has 0 bridgehead atoms. The van der Waals surface area contributed by atoms with Crippen molar-refractivity contribution in [1.82, 2.24) is 0 Å². The number of nitro groups is 1. The van der Waals surface area contributed by atoms with Crippen molar-refractivity contribution >= 4 is 52.3 Å². The molecule has 0 saturated carbocycles. The minimum atomic E-state index is -0.533. The molecule has 0 unspecified atom stereocenters. The summed E-state index contributed by atoms with van der Waals surface area (Å²) in [6.45, 7) is 0. The van der Waals surface area contributed by atoms with Gasteiger partial charge in [0.05, 0.1) is 17.4 Å². The van der Waals surface area contributed by atoms with E-state index < -0.39 is 4.92 Å². The molecular formula is C14H9ClIN3O2. The number of halogens is 2. The highest BCUT2D eigenvalue weighted by atomic mass is 127.